The third kappa shape index (κ3) is 3.72. The minimum absolute atomic E-state index is 0.0146. The Balaban J connectivity index is 1.83. The second kappa shape index (κ2) is 6.01. The Hall–Kier alpha value is -1.63. The van der Waals surface area contributed by atoms with Crippen LogP contribution in [-0.4, -0.2) is 28.6 Å². The van der Waals surface area contributed by atoms with Crippen molar-refractivity contribution in [2.24, 2.45) is 11.3 Å². The van der Waals surface area contributed by atoms with Gasteiger partial charge in [-0.3, -0.25) is 0 Å². The van der Waals surface area contributed by atoms with Crippen molar-refractivity contribution < 1.29 is 14.7 Å². The van der Waals surface area contributed by atoms with Gasteiger partial charge in [-0.25, -0.2) is 14.6 Å². The standard InChI is InChI=1S/C14H21N3O3S/c1-8(2)14(4-5-14)7-15-13(20)16-9(3)11-17-10(6-21-11)12(18)19/h6,8-9H,4-5,7H2,1-3H3,(H,18,19)(H2,15,16,20). The highest BCUT2D eigenvalue weighted by Crippen LogP contribution is 2.51. The lowest BCUT2D eigenvalue weighted by Gasteiger charge is -2.21. The zero-order valence-corrected chi connectivity index (χ0v) is 13.3. The molecule has 1 heterocycles. The first-order valence-electron chi connectivity index (χ1n) is 7.07. The lowest BCUT2D eigenvalue weighted by atomic mass is 9.92. The van der Waals surface area contributed by atoms with E-state index in [2.05, 4.69) is 29.5 Å². The lowest BCUT2D eigenvalue weighted by molar-refractivity contribution is 0.0691. The van der Waals surface area contributed by atoms with Crippen LogP contribution < -0.4 is 10.6 Å². The first-order chi connectivity index (χ1) is 9.84. The van der Waals surface area contributed by atoms with Crippen molar-refractivity contribution in [1.82, 2.24) is 15.6 Å². The van der Waals surface area contributed by atoms with Crippen LogP contribution in [-0.2, 0) is 0 Å². The van der Waals surface area contributed by atoms with Crippen LogP contribution in [0, 0.1) is 11.3 Å². The molecule has 1 aromatic rings. The molecule has 1 aliphatic rings. The number of nitrogens with one attached hydrogen (secondary N) is 2. The molecule has 1 aromatic heterocycles. The fourth-order valence-electron chi connectivity index (χ4n) is 2.27. The molecule has 2 amide bonds. The summed E-state index contributed by atoms with van der Waals surface area (Å²) in [6.45, 7) is 6.83. The number of carboxylic acids is 1. The molecule has 0 aliphatic heterocycles. The number of hydrogen-bond acceptors (Lipinski definition) is 4. The van der Waals surface area contributed by atoms with Crippen molar-refractivity contribution in [2.45, 2.75) is 39.7 Å². The van der Waals surface area contributed by atoms with Gasteiger partial charge in [-0.15, -0.1) is 11.3 Å². The van der Waals surface area contributed by atoms with E-state index < -0.39 is 5.97 Å². The van der Waals surface area contributed by atoms with Crippen LogP contribution >= 0.6 is 11.3 Å². The molecule has 0 radical (unpaired) electrons. The SMILES string of the molecule is CC(NC(=O)NCC1(C(C)C)CC1)c1nc(C(=O)O)cs1. The maximum Gasteiger partial charge on any atom is 0.355 e. The van der Waals surface area contributed by atoms with Crippen LogP contribution in [0.3, 0.4) is 0 Å². The van der Waals surface area contributed by atoms with Gasteiger partial charge < -0.3 is 15.7 Å². The van der Waals surface area contributed by atoms with Gasteiger partial charge in [0, 0.05) is 11.9 Å². The molecule has 0 bridgehead atoms. The number of nitrogens with zero attached hydrogens (tertiary/aromatic N) is 1. The molecular weight excluding hydrogens is 290 g/mol. The third-order valence-electron chi connectivity index (χ3n) is 4.18. The van der Waals surface area contributed by atoms with Gasteiger partial charge >= 0.3 is 12.0 Å². The van der Waals surface area contributed by atoms with Crippen LogP contribution in [0.2, 0.25) is 0 Å². The van der Waals surface area contributed by atoms with Crippen molar-refractivity contribution >= 4 is 23.3 Å². The highest BCUT2D eigenvalue weighted by atomic mass is 32.1. The number of hydrogen-bond donors (Lipinski definition) is 3. The number of carboxylic acid groups (broad SMARTS) is 1. The smallest absolute Gasteiger partial charge is 0.355 e. The van der Waals surface area contributed by atoms with E-state index in [1.807, 2.05) is 0 Å². The minimum atomic E-state index is -1.05. The molecule has 0 saturated heterocycles. The van der Waals surface area contributed by atoms with E-state index in [9.17, 15) is 9.59 Å². The average molecular weight is 311 g/mol. The molecule has 0 spiro atoms. The van der Waals surface area contributed by atoms with Crippen LogP contribution in [0.1, 0.15) is 55.2 Å². The average Bonchev–Trinajstić information content (AvgIpc) is 3.04. The maximum atomic E-state index is 11.9. The summed E-state index contributed by atoms with van der Waals surface area (Å²) in [4.78, 5) is 26.7. The fraction of sp³-hybridized carbons (Fsp3) is 0.643. The van der Waals surface area contributed by atoms with E-state index in [4.69, 9.17) is 5.11 Å². The lowest BCUT2D eigenvalue weighted by Crippen LogP contribution is -2.40. The van der Waals surface area contributed by atoms with Crippen molar-refractivity contribution in [3.63, 3.8) is 0 Å². The normalized spacial score (nSPS) is 17.3. The Morgan fingerprint density at radius 3 is 2.57 bits per heavy atom. The number of amides is 2. The predicted octanol–water partition coefficient (Wildman–Crippen LogP) is 2.64. The van der Waals surface area contributed by atoms with Gasteiger partial charge in [0.1, 0.15) is 5.01 Å². The van der Waals surface area contributed by atoms with E-state index in [0.29, 0.717) is 17.5 Å². The van der Waals surface area contributed by atoms with Gasteiger partial charge in [0.2, 0.25) is 0 Å². The molecule has 3 N–H and O–H groups in total. The minimum Gasteiger partial charge on any atom is -0.476 e. The summed E-state index contributed by atoms with van der Waals surface area (Å²) < 4.78 is 0. The van der Waals surface area contributed by atoms with Crippen LogP contribution in [0.5, 0.6) is 0 Å². The molecule has 6 nitrogen and oxygen atoms in total. The van der Waals surface area contributed by atoms with Crippen LogP contribution in [0.4, 0.5) is 4.79 Å². The van der Waals surface area contributed by atoms with Gasteiger partial charge in [-0.05, 0) is 31.1 Å². The molecular formula is C14H21N3O3S. The number of aromatic nitrogens is 1. The molecule has 1 atom stereocenters. The van der Waals surface area contributed by atoms with Crippen LogP contribution in [0.25, 0.3) is 0 Å². The Bertz CT molecular complexity index is 537. The first-order valence-corrected chi connectivity index (χ1v) is 7.95. The second-order valence-electron chi connectivity index (χ2n) is 5.94. The molecule has 116 valence electrons. The Kier molecular flexibility index (Phi) is 4.51. The first kappa shape index (κ1) is 15.8. The predicted molar refractivity (Wildman–Crippen MR) is 80.5 cm³/mol. The van der Waals surface area contributed by atoms with Crippen molar-refractivity contribution in [1.29, 1.82) is 0 Å². The summed E-state index contributed by atoms with van der Waals surface area (Å²) >= 11 is 1.23. The Labute approximate surface area is 128 Å². The van der Waals surface area contributed by atoms with E-state index >= 15 is 0 Å². The topological polar surface area (TPSA) is 91.3 Å². The molecule has 1 fully saturated rings. The number of aromatic carboxylic acids is 1. The number of carbonyl (C=O) groups is 2. The second-order valence-corrected chi connectivity index (χ2v) is 6.83. The summed E-state index contributed by atoms with van der Waals surface area (Å²) in [5.41, 5.74) is 0.277. The number of thiazole rings is 1. The maximum absolute atomic E-state index is 11.9. The number of urea groups is 1. The van der Waals surface area contributed by atoms with Gasteiger partial charge in [0.25, 0.3) is 0 Å². The molecule has 1 saturated carbocycles. The molecule has 0 aromatic carbocycles. The number of carbonyl (C=O) groups excluding carboxylic acids is 1. The van der Waals surface area contributed by atoms with Crippen molar-refractivity contribution in [3.8, 4) is 0 Å². The zero-order chi connectivity index (χ0) is 15.6. The molecule has 21 heavy (non-hydrogen) atoms. The number of rotatable bonds is 6. The quantitative estimate of drug-likeness (QED) is 0.753. The highest BCUT2D eigenvalue weighted by molar-refractivity contribution is 7.09. The molecule has 2 rings (SSSR count). The largest absolute Gasteiger partial charge is 0.476 e. The summed E-state index contributed by atoms with van der Waals surface area (Å²) in [5, 5.41) is 16.6. The summed E-state index contributed by atoms with van der Waals surface area (Å²) in [7, 11) is 0. The van der Waals surface area contributed by atoms with Crippen LogP contribution in [0.15, 0.2) is 5.38 Å². The Morgan fingerprint density at radius 1 is 1.43 bits per heavy atom. The van der Waals surface area contributed by atoms with E-state index in [0.717, 1.165) is 12.8 Å². The summed E-state index contributed by atoms with van der Waals surface area (Å²) in [6.07, 6.45) is 2.32. The summed E-state index contributed by atoms with van der Waals surface area (Å²) in [5.74, 6) is -0.492. The van der Waals surface area contributed by atoms with Crippen molar-refractivity contribution in [2.75, 3.05) is 6.54 Å². The molecule has 1 unspecified atom stereocenters. The van der Waals surface area contributed by atoms with E-state index in [1.54, 1.807) is 6.92 Å². The summed E-state index contributed by atoms with van der Waals surface area (Å²) in [6, 6.07) is -0.543. The van der Waals surface area contributed by atoms with E-state index in [1.165, 1.54) is 16.7 Å². The third-order valence-corrected chi connectivity index (χ3v) is 5.20. The zero-order valence-electron chi connectivity index (χ0n) is 12.5. The molecule has 1 aliphatic carbocycles. The van der Waals surface area contributed by atoms with Gasteiger partial charge in [-0.1, -0.05) is 13.8 Å². The van der Waals surface area contributed by atoms with Crippen molar-refractivity contribution in [3.05, 3.63) is 16.1 Å². The molecule has 7 heteroatoms. The Morgan fingerprint density at radius 2 is 2.10 bits per heavy atom. The van der Waals surface area contributed by atoms with Gasteiger partial charge in [0.15, 0.2) is 5.69 Å². The van der Waals surface area contributed by atoms with E-state index in [-0.39, 0.29) is 23.2 Å². The van der Waals surface area contributed by atoms with Gasteiger partial charge in [0.05, 0.1) is 6.04 Å². The van der Waals surface area contributed by atoms with Gasteiger partial charge in [-0.2, -0.15) is 0 Å². The highest BCUT2D eigenvalue weighted by Gasteiger charge is 2.45. The fourth-order valence-corrected chi connectivity index (χ4v) is 3.07. The monoisotopic (exact) mass is 311 g/mol.